The van der Waals surface area contributed by atoms with Gasteiger partial charge in [0.05, 0.1) is 20.3 Å². The van der Waals surface area contributed by atoms with Gasteiger partial charge in [0, 0.05) is 18.8 Å². The maximum absolute atomic E-state index is 12.8. The Balaban J connectivity index is 2.44. The highest BCUT2D eigenvalue weighted by Crippen LogP contribution is 2.49. The van der Waals surface area contributed by atoms with Gasteiger partial charge in [-0.3, -0.25) is 9.68 Å². The van der Waals surface area contributed by atoms with Crippen molar-refractivity contribution in [2.75, 3.05) is 20.3 Å². The molecule has 26 heavy (non-hydrogen) atoms. The third-order valence-electron chi connectivity index (χ3n) is 4.35. The lowest BCUT2D eigenvalue weighted by Gasteiger charge is -2.29. The molecule has 10 nitrogen and oxygen atoms in total. The van der Waals surface area contributed by atoms with Crippen LogP contribution in [0.4, 0.5) is 0 Å². The van der Waals surface area contributed by atoms with Gasteiger partial charge in [-0.2, -0.15) is 0 Å². The highest BCUT2D eigenvalue weighted by atomic mass is 17.0. The van der Waals surface area contributed by atoms with E-state index in [2.05, 4.69) is 4.74 Å². The fraction of sp³-hybridized carbons (Fsp3) is 0.750. The molecule has 2 rings (SSSR count). The normalized spacial score (nSPS) is 30.5. The number of rotatable bonds is 7. The first-order valence-corrected chi connectivity index (χ1v) is 8.36. The molecule has 0 aromatic heterocycles. The zero-order chi connectivity index (χ0) is 19.5. The lowest BCUT2D eigenvalue weighted by atomic mass is 9.75. The highest BCUT2D eigenvalue weighted by Gasteiger charge is 2.70. The van der Waals surface area contributed by atoms with Gasteiger partial charge in [0.15, 0.2) is 17.7 Å². The van der Waals surface area contributed by atoms with Crippen molar-refractivity contribution >= 4 is 23.7 Å². The zero-order valence-electron chi connectivity index (χ0n) is 15.2. The van der Waals surface area contributed by atoms with E-state index in [1.807, 2.05) is 0 Å². The van der Waals surface area contributed by atoms with Gasteiger partial charge in [-0.25, -0.2) is 14.4 Å². The lowest BCUT2D eigenvalue weighted by molar-refractivity contribution is -0.362. The van der Waals surface area contributed by atoms with Gasteiger partial charge in [0.25, 0.3) is 0 Å². The van der Waals surface area contributed by atoms with Crippen molar-refractivity contribution < 1.29 is 43.1 Å². The van der Waals surface area contributed by atoms with E-state index in [0.717, 1.165) is 5.23 Å². The third kappa shape index (κ3) is 3.44. The molecule has 0 spiro atoms. The molecule has 2 aliphatic rings. The molecule has 0 radical (unpaired) electrons. The number of nitrogens with zero attached hydrogens (tertiary/aromatic N) is 1. The summed E-state index contributed by atoms with van der Waals surface area (Å²) in [5.41, 5.74) is -1.63. The maximum Gasteiger partial charge on any atom is 0.337 e. The smallest absolute Gasteiger partial charge is 0.337 e. The number of methoxy groups -OCH3 is 1. The number of carbonyl (C=O) groups is 4. The molecule has 0 unspecified atom stereocenters. The number of Topliss-reactive ketones (excluding diaryl/α,β-unsaturated/α-hetero) is 1. The first kappa shape index (κ1) is 20.3. The maximum atomic E-state index is 12.8. The summed E-state index contributed by atoms with van der Waals surface area (Å²) in [5.74, 6) is -3.38. The van der Waals surface area contributed by atoms with E-state index < -0.39 is 41.6 Å². The van der Waals surface area contributed by atoms with Gasteiger partial charge in [0.1, 0.15) is 5.78 Å². The average molecular weight is 373 g/mol. The van der Waals surface area contributed by atoms with Crippen molar-refractivity contribution in [3.63, 3.8) is 0 Å². The Morgan fingerprint density at radius 3 is 2.27 bits per heavy atom. The topological polar surface area (TPSA) is 118 Å². The summed E-state index contributed by atoms with van der Waals surface area (Å²) >= 11 is 0. The van der Waals surface area contributed by atoms with Gasteiger partial charge >= 0.3 is 17.9 Å². The minimum atomic E-state index is -1.63. The van der Waals surface area contributed by atoms with Crippen LogP contribution in [-0.4, -0.2) is 67.0 Å². The largest absolute Gasteiger partial charge is 0.467 e. The molecule has 2 saturated heterocycles. The Hall–Kier alpha value is -2.04. The van der Waals surface area contributed by atoms with Gasteiger partial charge in [-0.1, -0.05) is 0 Å². The molecule has 0 aliphatic carbocycles. The summed E-state index contributed by atoms with van der Waals surface area (Å²) < 4.78 is 14.8. The van der Waals surface area contributed by atoms with Crippen molar-refractivity contribution in [3.05, 3.63) is 0 Å². The summed E-state index contributed by atoms with van der Waals surface area (Å²) in [6, 6.07) is 0. The van der Waals surface area contributed by atoms with Gasteiger partial charge in [-0.05, 0) is 26.0 Å². The molecule has 4 atom stereocenters. The van der Waals surface area contributed by atoms with Crippen LogP contribution in [-0.2, 0) is 43.1 Å². The molecule has 146 valence electrons. The van der Waals surface area contributed by atoms with E-state index in [1.54, 1.807) is 13.8 Å². The van der Waals surface area contributed by atoms with E-state index in [9.17, 15) is 19.2 Å². The Morgan fingerprint density at radius 1 is 1.08 bits per heavy atom. The van der Waals surface area contributed by atoms with Crippen LogP contribution in [0.2, 0.25) is 0 Å². The highest BCUT2D eigenvalue weighted by molar-refractivity contribution is 5.89. The SMILES string of the molecule is CCOC(=O)[C@H]1ON2O[C@H](C(=O)OC)C[C@@]2(C(=O)OCC)[C@H]1CC(C)=O. The van der Waals surface area contributed by atoms with E-state index in [1.165, 1.54) is 14.0 Å². The predicted molar refractivity (Wildman–Crippen MR) is 83.0 cm³/mol. The fourth-order valence-electron chi connectivity index (χ4n) is 3.28. The number of fused-ring (bicyclic) bond motifs is 1. The number of carbonyl (C=O) groups excluding carboxylic acids is 4. The minimum absolute atomic E-state index is 0.0637. The van der Waals surface area contributed by atoms with Gasteiger partial charge in [-0.15, -0.1) is 0 Å². The molecule has 2 fully saturated rings. The number of hydrogen-bond acceptors (Lipinski definition) is 10. The second-order valence-electron chi connectivity index (χ2n) is 6.01. The molecule has 0 saturated carbocycles. The molecule has 2 aliphatic heterocycles. The van der Waals surface area contributed by atoms with Crippen LogP contribution in [0.25, 0.3) is 0 Å². The lowest BCUT2D eigenvalue weighted by Crippen LogP contribution is -2.52. The number of hydrogen-bond donors (Lipinski definition) is 0. The molecule has 0 aromatic carbocycles. The second-order valence-corrected chi connectivity index (χ2v) is 6.01. The summed E-state index contributed by atoms with van der Waals surface area (Å²) in [6.45, 7) is 4.74. The standard InChI is InChI=1S/C16H23NO9/c1-5-23-14(20)12-10(7-9(3)18)16(15(21)24-6-2)8-11(13(19)22-4)25-17(16)26-12/h10-12H,5-8H2,1-4H3/t10-,11-,12-,16-/m0/s1. The Bertz CT molecular complexity index is 592. The summed E-state index contributed by atoms with van der Waals surface area (Å²) in [4.78, 5) is 59.6. The fourth-order valence-corrected chi connectivity index (χ4v) is 3.28. The van der Waals surface area contributed by atoms with E-state index in [4.69, 9.17) is 19.1 Å². The van der Waals surface area contributed by atoms with Crippen molar-refractivity contribution in [1.82, 2.24) is 5.23 Å². The van der Waals surface area contributed by atoms with E-state index >= 15 is 0 Å². The molecular weight excluding hydrogens is 350 g/mol. The van der Waals surface area contributed by atoms with Crippen molar-refractivity contribution in [2.24, 2.45) is 5.92 Å². The van der Waals surface area contributed by atoms with Crippen LogP contribution in [0.1, 0.15) is 33.6 Å². The van der Waals surface area contributed by atoms with Crippen LogP contribution in [0.3, 0.4) is 0 Å². The van der Waals surface area contributed by atoms with Crippen LogP contribution in [0, 0.1) is 5.92 Å². The quantitative estimate of drug-likeness (QED) is 0.443. The molecule has 0 aromatic rings. The molecule has 0 bridgehead atoms. The van der Waals surface area contributed by atoms with Crippen LogP contribution < -0.4 is 0 Å². The van der Waals surface area contributed by atoms with E-state index in [0.29, 0.717) is 0 Å². The molecule has 2 heterocycles. The predicted octanol–water partition coefficient (Wildman–Crippen LogP) is -0.0606. The summed E-state index contributed by atoms with van der Waals surface area (Å²) in [7, 11) is 1.18. The monoisotopic (exact) mass is 373 g/mol. The summed E-state index contributed by atoms with van der Waals surface area (Å²) in [5, 5.41) is 0.807. The number of ether oxygens (including phenoxy) is 3. The van der Waals surface area contributed by atoms with Gasteiger partial charge < -0.3 is 19.0 Å². The third-order valence-corrected chi connectivity index (χ3v) is 4.35. The minimum Gasteiger partial charge on any atom is -0.467 e. The Kier molecular flexibility index (Phi) is 6.32. The van der Waals surface area contributed by atoms with Crippen molar-refractivity contribution in [2.45, 2.75) is 51.4 Å². The average Bonchev–Trinajstić information content (AvgIpc) is 3.10. The summed E-state index contributed by atoms with van der Waals surface area (Å²) in [6.07, 6.45) is -2.69. The molecule has 10 heteroatoms. The molecular formula is C16H23NO9. The van der Waals surface area contributed by atoms with Gasteiger partial charge in [0.2, 0.25) is 0 Å². The Morgan fingerprint density at radius 2 is 1.73 bits per heavy atom. The molecule has 0 amide bonds. The zero-order valence-corrected chi connectivity index (χ0v) is 15.2. The second kappa shape index (κ2) is 8.11. The first-order valence-electron chi connectivity index (χ1n) is 8.36. The van der Waals surface area contributed by atoms with Crippen molar-refractivity contribution in [3.8, 4) is 0 Å². The van der Waals surface area contributed by atoms with Crippen LogP contribution >= 0.6 is 0 Å². The molecule has 0 N–H and O–H groups in total. The van der Waals surface area contributed by atoms with E-state index in [-0.39, 0.29) is 31.8 Å². The first-order chi connectivity index (χ1) is 12.3. The number of esters is 3. The van der Waals surface area contributed by atoms with Crippen LogP contribution in [0.15, 0.2) is 0 Å². The number of ketones is 1. The Labute approximate surface area is 150 Å². The number of hydroxylamine groups is 2. The van der Waals surface area contributed by atoms with Crippen LogP contribution in [0.5, 0.6) is 0 Å². The van der Waals surface area contributed by atoms with Crippen molar-refractivity contribution in [1.29, 1.82) is 0 Å².